The SMILES string of the molecule is CN(Cc1nc2ccsc2c(=O)[nH]1)C(=O)C=C1CCCCC1. The topological polar surface area (TPSA) is 66.1 Å². The summed E-state index contributed by atoms with van der Waals surface area (Å²) < 4.78 is 0.627. The fourth-order valence-corrected chi connectivity index (χ4v) is 3.46. The van der Waals surface area contributed by atoms with Crippen LogP contribution in [-0.4, -0.2) is 27.8 Å². The van der Waals surface area contributed by atoms with E-state index in [-0.39, 0.29) is 11.5 Å². The number of carbonyl (C=O) groups excluding carboxylic acids is 1. The minimum atomic E-state index is -0.138. The molecule has 116 valence electrons. The third-order valence-electron chi connectivity index (χ3n) is 3.95. The lowest BCUT2D eigenvalue weighted by Gasteiger charge is -2.17. The smallest absolute Gasteiger partial charge is 0.268 e. The first-order valence-electron chi connectivity index (χ1n) is 7.54. The zero-order valence-corrected chi connectivity index (χ0v) is 13.4. The van der Waals surface area contributed by atoms with Crippen molar-refractivity contribution in [2.75, 3.05) is 7.05 Å². The molecule has 2 aromatic heterocycles. The summed E-state index contributed by atoms with van der Waals surface area (Å²) in [6.45, 7) is 0.309. The molecule has 1 aliphatic carbocycles. The second kappa shape index (κ2) is 6.44. The summed E-state index contributed by atoms with van der Waals surface area (Å²) in [5.41, 5.74) is 1.79. The van der Waals surface area contributed by atoms with Gasteiger partial charge in [0.1, 0.15) is 10.5 Å². The van der Waals surface area contributed by atoms with Gasteiger partial charge in [0.15, 0.2) is 0 Å². The fraction of sp³-hybridized carbons (Fsp3) is 0.438. The minimum absolute atomic E-state index is 0.0232. The molecule has 3 rings (SSSR count). The molecule has 1 amide bonds. The van der Waals surface area contributed by atoms with Crippen LogP contribution in [0.5, 0.6) is 0 Å². The molecule has 5 nitrogen and oxygen atoms in total. The zero-order chi connectivity index (χ0) is 15.5. The molecular formula is C16H19N3O2S. The maximum Gasteiger partial charge on any atom is 0.268 e. The van der Waals surface area contributed by atoms with E-state index in [0.29, 0.717) is 22.6 Å². The molecule has 0 bridgehead atoms. The summed E-state index contributed by atoms with van der Waals surface area (Å²) >= 11 is 1.37. The van der Waals surface area contributed by atoms with Crippen LogP contribution < -0.4 is 5.56 Å². The second-order valence-corrected chi connectivity index (χ2v) is 6.62. The van der Waals surface area contributed by atoms with E-state index in [0.717, 1.165) is 12.8 Å². The number of likely N-dealkylation sites (N-methyl/N-ethyl adjacent to an activating group) is 1. The fourth-order valence-electron chi connectivity index (χ4n) is 2.73. The highest BCUT2D eigenvalue weighted by Crippen LogP contribution is 2.22. The molecule has 1 N–H and O–H groups in total. The van der Waals surface area contributed by atoms with Crippen LogP contribution in [0.4, 0.5) is 0 Å². The molecule has 2 heterocycles. The number of fused-ring (bicyclic) bond motifs is 1. The van der Waals surface area contributed by atoms with E-state index in [2.05, 4.69) is 9.97 Å². The van der Waals surface area contributed by atoms with Gasteiger partial charge < -0.3 is 9.88 Å². The zero-order valence-electron chi connectivity index (χ0n) is 12.6. The van der Waals surface area contributed by atoms with E-state index in [1.54, 1.807) is 18.0 Å². The van der Waals surface area contributed by atoms with E-state index in [1.165, 1.54) is 36.2 Å². The Balaban J connectivity index is 1.73. The average molecular weight is 317 g/mol. The molecule has 0 aromatic carbocycles. The standard InChI is InChI=1S/C16H19N3O2S/c1-19(14(20)9-11-5-3-2-4-6-11)10-13-17-12-7-8-22-15(12)16(21)18-13/h7-9H,2-6,10H2,1H3,(H,17,18,21). The molecule has 2 aromatic rings. The Morgan fingerprint density at radius 3 is 2.95 bits per heavy atom. The lowest BCUT2D eigenvalue weighted by Crippen LogP contribution is -2.27. The molecule has 1 aliphatic rings. The van der Waals surface area contributed by atoms with Gasteiger partial charge in [-0.1, -0.05) is 12.0 Å². The van der Waals surface area contributed by atoms with E-state index in [4.69, 9.17) is 0 Å². The summed E-state index contributed by atoms with van der Waals surface area (Å²) in [6, 6.07) is 1.82. The van der Waals surface area contributed by atoms with Gasteiger partial charge in [-0.25, -0.2) is 4.98 Å². The Kier molecular flexibility index (Phi) is 4.38. The van der Waals surface area contributed by atoms with Gasteiger partial charge in [-0.2, -0.15) is 0 Å². The van der Waals surface area contributed by atoms with Crippen LogP contribution in [0.15, 0.2) is 27.9 Å². The van der Waals surface area contributed by atoms with Crippen LogP contribution in [0.1, 0.15) is 37.9 Å². The van der Waals surface area contributed by atoms with Crippen molar-refractivity contribution in [1.29, 1.82) is 0 Å². The predicted octanol–water partition coefficient (Wildman–Crippen LogP) is 2.83. The number of nitrogens with zero attached hydrogens (tertiary/aromatic N) is 2. The Bertz CT molecular complexity index is 767. The number of thiophene rings is 1. The first-order valence-corrected chi connectivity index (χ1v) is 8.42. The van der Waals surface area contributed by atoms with Crippen LogP contribution >= 0.6 is 11.3 Å². The molecule has 1 fully saturated rings. The van der Waals surface area contributed by atoms with Crippen LogP contribution in [0.25, 0.3) is 10.2 Å². The number of hydrogen-bond acceptors (Lipinski definition) is 4. The number of aromatic amines is 1. The van der Waals surface area contributed by atoms with Crippen LogP contribution in [0, 0.1) is 0 Å². The molecule has 6 heteroatoms. The molecule has 1 saturated carbocycles. The normalized spacial score (nSPS) is 15.0. The van der Waals surface area contributed by atoms with Crippen LogP contribution in [0.2, 0.25) is 0 Å². The van der Waals surface area contributed by atoms with E-state index in [1.807, 2.05) is 11.4 Å². The molecule has 0 unspecified atom stereocenters. The van der Waals surface area contributed by atoms with Crippen molar-refractivity contribution in [3.63, 3.8) is 0 Å². The molecule has 0 aliphatic heterocycles. The largest absolute Gasteiger partial charge is 0.335 e. The van der Waals surface area contributed by atoms with Crippen molar-refractivity contribution < 1.29 is 4.79 Å². The first-order chi connectivity index (χ1) is 10.6. The van der Waals surface area contributed by atoms with Gasteiger partial charge in [0.25, 0.3) is 5.56 Å². The molecule has 22 heavy (non-hydrogen) atoms. The number of rotatable bonds is 3. The van der Waals surface area contributed by atoms with Gasteiger partial charge in [0.2, 0.25) is 5.91 Å². The lowest BCUT2D eigenvalue weighted by molar-refractivity contribution is -0.125. The Morgan fingerprint density at radius 2 is 2.18 bits per heavy atom. The maximum atomic E-state index is 12.2. The third-order valence-corrected chi connectivity index (χ3v) is 4.85. The monoisotopic (exact) mass is 317 g/mol. The molecule has 0 atom stereocenters. The highest BCUT2D eigenvalue weighted by Gasteiger charge is 2.13. The molecule has 0 radical (unpaired) electrons. The lowest BCUT2D eigenvalue weighted by atomic mass is 9.94. The first kappa shape index (κ1) is 15.0. The summed E-state index contributed by atoms with van der Waals surface area (Å²) in [6.07, 6.45) is 7.40. The van der Waals surface area contributed by atoms with Crippen molar-refractivity contribution in [3.8, 4) is 0 Å². The summed E-state index contributed by atoms with van der Waals surface area (Å²) in [5, 5.41) is 1.85. The molecular weight excluding hydrogens is 298 g/mol. The highest BCUT2D eigenvalue weighted by molar-refractivity contribution is 7.17. The average Bonchev–Trinajstić information content (AvgIpc) is 2.97. The quantitative estimate of drug-likeness (QED) is 0.885. The molecule has 0 saturated heterocycles. The minimum Gasteiger partial charge on any atom is -0.335 e. The van der Waals surface area contributed by atoms with E-state index < -0.39 is 0 Å². The van der Waals surface area contributed by atoms with Gasteiger partial charge in [-0.3, -0.25) is 9.59 Å². The summed E-state index contributed by atoms with van der Waals surface area (Å²) in [4.78, 5) is 32.9. The van der Waals surface area contributed by atoms with Crippen molar-refractivity contribution in [2.45, 2.75) is 38.6 Å². The Hall–Kier alpha value is -1.95. The van der Waals surface area contributed by atoms with Crippen molar-refractivity contribution in [3.05, 3.63) is 39.3 Å². The van der Waals surface area contributed by atoms with Gasteiger partial charge in [0, 0.05) is 13.1 Å². The number of H-pyrrole nitrogens is 1. The molecule has 0 spiro atoms. The second-order valence-electron chi connectivity index (χ2n) is 5.71. The third kappa shape index (κ3) is 3.27. The van der Waals surface area contributed by atoms with Crippen LogP contribution in [-0.2, 0) is 11.3 Å². The van der Waals surface area contributed by atoms with Gasteiger partial charge in [-0.05, 0) is 37.1 Å². The number of allylic oxidation sites excluding steroid dienone is 1. The van der Waals surface area contributed by atoms with Gasteiger partial charge >= 0.3 is 0 Å². The van der Waals surface area contributed by atoms with Crippen molar-refractivity contribution in [1.82, 2.24) is 14.9 Å². The van der Waals surface area contributed by atoms with Crippen LogP contribution in [0.3, 0.4) is 0 Å². The van der Waals surface area contributed by atoms with Gasteiger partial charge in [0.05, 0.1) is 12.1 Å². The van der Waals surface area contributed by atoms with Gasteiger partial charge in [-0.15, -0.1) is 11.3 Å². The highest BCUT2D eigenvalue weighted by atomic mass is 32.1. The number of carbonyl (C=O) groups is 1. The Morgan fingerprint density at radius 1 is 1.41 bits per heavy atom. The summed E-state index contributed by atoms with van der Waals surface area (Å²) in [7, 11) is 1.74. The van der Waals surface area contributed by atoms with Crippen molar-refractivity contribution in [2.24, 2.45) is 0 Å². The summed E-state index contributed by atoms with van der Waals surface area (Å²) in [5.74, 6) is 0.499. The number of aromatic nitrogens is 2. The van der Waals surface area contributed by atoms with E-state index in [9.17, 15) is 9.59 Å². The predicted molar refractivity (Wildman–Crippen MR) is 87.9 cm³/mol. The number of hydrogen-bond donors (Lipinski definition) is 1. The Labute approximate surface area is 132 Å². The van der Waals surface area contributed by atoms with Crippen molar-refractivity contribution >= 4 is 27.5 Å². The number of amides is 1. The maximum absolute atomic E-state index is 12.2. The van der Waals surface area contributed by atoms with E-state index >= 15 is 0 Å². The number of nitrogens with one attached hydrogen (secondary N) is 1.